The number of likely N-dealkylation sites (tertiary alicyclic amines) is 1. The van der Waals surface area contributed by atoms with Crippen LogP contribution in [0.15, 0.2) is 24.3 Å². The van der Waals surface area contributed by atoms with Crippen LogP contribution in [0.3, 0.4) is 0 Å². The van der Waals surface area contributed by atoms with Gasteiger partial charge in [-0.2, -0.15) is 13.2 Å². The maximum Gasteiger partial charge on any atom is 0.416 e. The number of piperazine rings is 1. The highest BCUT2D eigenvalue weighted by Gasteiger charge is 2.37. The third-order valence-corrected chi connectivity index (χ3v) is 5.48. The Labute approximate surface area is 163 Å². The zero-order chi connectivity index (χ0) is 20.3. The average Bonchev–Trinajstić information content (AvgIpc) is 3.06. The first-order valence-corrected chi connectivity index (χ1v) is 9.78. The van der Waals surface area contributed by atoms with Gasteiger partial charge >= 0.3 is 6.18 Å². The molecular formula is C20H26F3N3O2. The minimum Gasteiger partial charge on any atom is -0.368 e. The minimum absolute atomic E-state index is 0.0176. The fourth-order valence-electron chi connectivity index (χ4n) is 3.82. The standard InChI is InChI=1S/C20H26F3N3O2/c1-2-3-7-26-14-15(12-18(26)27)19(28)25-10-8-24(9-11-25)17-6-4-5-16(13-17)20(21,22)23/h4-6,13,15H,2-3,7-12,14H2,1H3. The Morgan fingerprint density at radius 2 is 1.89 bits per heavy atom. The van der Waals surface area contributed by atoms with E-state index >= 15 is 0 Å². The van der Waals surface area contributed by atoms with E-state index in [-0.39, 0.29) is 24.2 Å². The summed E-state index contributed by atoms with van der Waals surface area (Å²) in [6.45, 7) is 5.10. The molecule has 0 saturated carbocycles. The van der Waals surface area contributed by atoms with Gasteiger partial charge in [-0.3, -0.25) is 9.59 Å². The van der Waals surface area contributed by atoms with Crippen molar-refractivity contribution in [2.75, 3.05) is 44.2 Å². The van der Waals surface area contributed by atoms with E-state index in [9.17, 15) is 22.8 Å². The normalized spacial score (nSPS) is 20.8. The fraction of sp³-hybridized carbons (Fsp3) is 0.600. The largest absolute Gasteiger partial charge is 0.416 e. The van der Waals surface area contributed by atoms with Gasteiger partial charge in [0.05, 0.1) is 11.5 Å². The summed E-state index contributed by atoms with van der Waals surface area (Å²) in [7, 11) is 0. The molecule has 0 spiro atoms. The maximum absolute atomic E-state index is 12.9. The lowest BCUT2D eigenvalue weighted by molar-refractivity contribution is -0.137. The van der Waals surface area contributed by atoms with Crippen molar-refractivity contribution in [1.82, 2.24) is 9.80 Å². The van der Waals surface area contributed by atoms with Crippen LogP contribution in [-0.4, -0.2) is 60.9 Å². The van der Waals surface area contributed by atoms with Crippen molar-refractivity contribution in [2.24, 2.45) is 5.92 Å². The van der Waals surface area contributed by atoms with Crippen molar-refractivity contribution in [1.29, 1.82) is 0 Å². The predicted octanol–water partition coefficient (Wildman–Crippen LogP) is 3.00. The molecule has 2 aliphatic heterocycles. The lowest BCUT2D eigenvalue weighted by Gasteiger charge is -2.37. The molecule has 0 aromatic heterocycles. The Bertz CT molecular complexity index is 715. The van der Waals surface area contributed by atoms with Crippen LogP contribution in [0.2, 0.25) is 0 Å². The van der Waals surface area contributed by atoms with Crippen LogP contribution in [0.4, 0.5) is 18.9 Å². The highest BCUT2D eigenvalue weighted by molar-refractivity contribution is 5.89. The van der Waals surface area contributed by atoms with E-state index in [4.69, 9.17) is 0 Å². The van der Waals surface area contributed by atoms with Gasteiger partial charge in [-0.15, -0.1) is 0 Å². The molecular weight excluding hydrogens is 371 g/mol. The topological polar surface area (TPSA) is 43.9 Å². The van der Waals surface area contributed by atoms with Gasteiger partial charge < -0.3 is 14.7 Å². The molecule has 8 heteroatoms. The summed E-state index contributed by atoms with van der Waals surface area (Å²) in [4.78, 5) is 30.2. The maximum atomic E-state index is 12.9. The van der Waals surface area contributed by atoms with Crippen molar-refractivity contribution < 1.29 is 22.8 Å². The molecule has 3 rings (SSSR count). The first-order valence-electron chi connectivity index (χ1n) is 9.78. The Kier molecular flexibility index (Phi) is 6.15. The van der Waals surface area contributed by atoms with Gasteiger partial charge in [-0.1, -0.05) is 19.4 Å². The second kappa shape index (κ2) is 8.41. The van der Waals surface area contributed by atoms with Crippen LogP contribution in [0, 0.1) is 5.92 Å². The molecule has 1 aromatic carbocycles. The molecule has 0 N–H and O–H groups in total. The first-order chi connectivity index (χ1) is 13.3. The van der Waals surface area contributed by atoms with Crippen molar-refractivity contribution in [2.45, 2.75) is 32.4 Å². The number of nitrogens with zero attached hydrogens (tertiary/aromatic N) is 3. The zero-order valence-electron chi connectivity index (χ0n) is 16.0. The molecule has 0 aliphatic carbocycles. The van der Waals surface area contributed by atoms with Crippen molar-refractivity contribution in [3.63, 3.8) is 0 Å². The summed E-state index contributed by atoms with van der Waals surface area (Å²) in [5, 5.41) is 0. The lowest BCUT2D eigenvalue weighted by atomic mass is 10.1. The summed E-state index contributed by atoms with van der Waals surface area (Å²) in [6, 6.07) is 5.28. The molecule has 28 heavy (non-hydrogen) atoms. The zero-order valence-corrected chi connectivity index (χ0v) is 16.0. The molecule has 1 atom stereocenters. The lowest BCUT2D eigenvalue weighted by Crippen LogP contribution is -2.50. The molecule has 2 amide bonds. The van der Waals surface area contributed by atoms with Crippen LogP contribution >= 0.6 is 0 Å². The number of carbonyl (C=O) groups excluding carboxylic acids is 2. The Hall–Kier alpha value is -2.25. The van der Waals surface area contributed by atoms with E-state index in [0.717, 1.165) is 25.0 Å². The molecule has 0 radical (unpaired) electrons. The second-order valence-corrected chi connectivity index (χ2v) is 7.45. The number of carbonyl (C=O) groups is 2. The van der Waals surface area contributed by atoms with Crippen molar-refractivity contribution in [3.8, 4) is 0 Å². The number of halogens is 3. The second-order valence-electron chi connectivity index (χ2n) is 7.45. The van der Waals surface area contributed by atoms with Crippen LogP contribution < -0.4 is 4.90 Å². The van der Waals surface area contributed by atoms with Crippen molar-refractivity contribution >= 4 is 17.5 Å². The quantitative estimate of drug-likeness (QED) is 0.767. The summed E-state index contributed by atoms with van der Waals surface area (Å²) in [6.07, 6.45) is -2.18. The summed E-state index contributed by atoms with van der Waals surface area (Å²) in [5.74, 6) is -0.282. The molecule has 1 aromatic rings. The van der Waals surface area contributed by atoms with Gasteiger partial charge in [-0.05, 0) is 24.6 Å². The van der Waals surface area contributed by atoms with Crippen LogP contribution in [-0.2, 0) is 15.8 Å². The molecule has 2 saturated heterocycles. The number of benzene rings is 1. The number of rotatable bonds is 5. The summed E-state index contributed by atoms with van der Waals surface area (Å²) >= 11 is 0. The number of amides is 2. The van der Waals surface area contributed by atoms with E-state index in [2.05, 4.69) is 6.92 Å². The fourth-order valence-corrected chi connectivity index (χ4v) is 3.82. The van der Waals surface area contributed by atoms with Crippen LogP contribution in [0.1, 0.15) is 31.7 Å². The number of hydrogen-bond acceptors (Lipinski definition) is 3. The smallest absolute Gasteiger partial charge is 0.368 e. The van der Waals surface area contributed by atoms with E-state index in [1.54, 1.807) is 15.9 Å². The number of anilines is 1. The monoisotopic (exact) mass is 397 g/mol. The van der Waals surface area contributed by atoms with E-state index in [1.807, 2.05) is 4.90 Å². The van der Waals surface area contributed by atoms with Gasteiger partial charge in [0, 0.05) is 51.4 Å². The van der Waals surface area contributed by atoms with Crippen LogP contribution in [0.25, 0.3) is 0 Å². The minimum atomic E-state index is -4.37. The molecule has 5 nitrogen and oxygen atoms in total. The van der Waals surface area contributed by atoms with E-state index in [1.165, 1.54) is 6.07 Å². The first kappa shape index (κ1) is 20.5. The number of unbranched alkanes of at least 4 members (excludes halogenated alkanes) is 1. The molecule has 2 aliphatic rings. The van der Waals surface area contributed by atoms with Gasteiger partial charge in [0.2, 0.25) is 11.8 Å². The van der Waals surface area contributed by atoms with Crippen LogP contribution in [0.5, 0.6) is 0 Å². The highest BCUT2D eigenvalue weighted by Crippen LogP contribution is 2.32. The third-order valence-electron chi connectivity index (χ3n) is 5.48. The van der Waals surface area contributed by atoms with E-state index in [0.29, 0.717) is 45.0 Å². The van der Waals surface area contributed by atoms with Crippen molar-refractivity contribution in [3.05, 3.63) is 29.8 Å². The average molecular weight is 397 g/mol. The Balaban J connectivity index is 1.56. The van der Waals surface area contributed by atoms with Gasteiger partial charge in [0.1, 0.15) is 0 Å². The van der Waals surface area contributed by atoms with Gasteiger partial charge in [0.15, 0.2) is 0 Å². The molecule has 2 heterocycles. The molecule has 2 fully saturated rings. The Morgan fingerprint density at radius 1 is 1.18 bits per heavy atom. The third kappa shape index (κ3) is 4.59. The predicted molar refractivity (Wildman–Crippen MR) is 99.8 cm³/mol. The Morgan fingerprint density at radius 3 is 2.54 bits per heavy atom. The van der Waals surface area contributed by atoms with E-state index < -0.39 is 11.7 Å². The number of hydrogen-bond donors (Lipinski definition) is 0. The molecule has 154 valence electrons. The summed E-state index contributed by atoms with van der Waals surface area (Å²) < 4.78 is 38.7. The highest BCUT2D eigenvalue weighted by atomic mass is 19.4. The van der Waals surface area contributed by atoms with Gasteiger partial charge in [-0.25, -0.2) is 0 Å². The molecule has 0 bridgehead atoms. The van der Waals surface area contributed by atoms with Gasteiger partial charge in [0.25, 0.3) is 0 Å². The summed E-state index contributed by atoms with van der Waals surface area (Å²) in [5.41, 5.74) is -0.149. The molecule has 1 unspecified atom stereocenters. The number of alkyl halides is 3. The SMILES string of the molecule is CCCCN1CC(C(=O)N2CCN(c3cccc(C(F)(F)F)c3)CC2)CC1=O.